The second-order valence-electron chi connectivity index (χ2n) is 6.61. The van der Waals surface area contributed by atoms with Gasteiger partial charge in [0.25, 0.3) is 0 Å². The summed E-state index contributed by atoms with van der Waals surface area (Å²) in [6.07, 6.45) is 3.41. The number of aliphatic imine (C=N–C) groups is 1. The molecular weight excluding hydrogens is 425 g/mol. The van der Waals surface area contributed by atoms with Crippen LogP contribution in [0.2, 0.25) is 0 Å². The predicted octanol–water partition coefficient (Wildman–Crippen LogP) is 4.12. The highest BCUT2D eigenvalue weighted by molar-refractivity contribution is 14.0. The second kappa shape index (κ2) is 12.5. The van der Waals surface area contributed by atoms with Gasteiger partial charge in [-0.05, 0) is 43.6 Å². The molecule has 1 aromatic carbocycles. The Bertz CT molecular complexity index is 495. The molecule has 1 saturated heterocycles. The molecule has 0 aromatic heterocycles. The van der Waals surface area contributed by atoms with Crippen LogP contribution in [-0.2, 0) is 4.74 Å². The van der Waals surface area contributed by atoms with Gasteiger partial charge in [0.05, 0.1) is 0 Å². The number of halogens is 1. The molecule has 1 aromatic rings. The molecule has 0 amide bonds. The summed E-state index contributed by atoms with van der Waals surface area (Å²) in [6, 6.07) is 10.9. The van der Waals surface area contributed by atoms with Crippen molar-refractivity contribution in [3.63, 3.8) is 0 Å². The molecule has 1 aliphatic heterocycles. The number of ether oxygens (including phenoxy) is 1. The smallest absolute Gasteiger partial charge is 0.193 e. The van der Waals surface area contributed by atoms with Crippen LogP contribution < -0.4 is 5.32 Å². The van der Waals surface area contributed by atoms with Crippen LogP contribution in [0, 0.1) is 5.92 Å². The van der Waals surface area contributed by atoms with Crippen molar-refractivity contribution in [3.8, 4) is 0 Å². The Balaban J connectivity index is 0.00000312. The van der Waals surface area contributed by atoms with E-state index in [0.717, 1.165) is 51.6 Å². The lowest BCUT2D eigenvalue weighted by Crippen LogP contribution is -2.48. The third-order valence-corrected chi connectivity index (χ3v) is 4.85. The average Bonchev–Trinajstić information content (AvgIpc) is 2.62. The van der Waals surface area contributed by atoms with Gasteiger partial charge >= 0.3 is 0 Å². The maximum atomic E-state index is 5.38. The van der Waals surface area contributed by atoms with Crippen LogP contribution in [0.4, 0.5) is 0 Å². The maximum absolute atomic E-state index is 5.38. The number of guanidine groups is 1. The fraction of sp³-hybridized carbons (Fsp3) is 0.650. The lowest BCUT2D eigenvalue weighted by atomic mass is 9.82. The summed E-state index contributed by atoms with van der Waals surface area (Å²) in [5, 5.41) is 3.51. The van der Waals surface area contributed by atoms with Gasteiger partial charge in [-0.25, -0.2) is 0 Å². The quantitative estimate of drug-likeness (QED) is 0.289. The van der Waals surface area contributed by atoms with Crippen molar-refractivity contribution in [1.29, 1.82) is 0 Å². The zero-order valence-corrected chi connectivity index (χ0v) is 18.2. The SMILES string of the molecule is CCOCCCCNC(=NC)N1CCC(c2ccccc2)C(C)C1.I. The molecule has 25 heavy (non-hydrogen) atoms. The monoisotopic (exact) mass is 459 g/mol. The molecule has 1 fully saturated rings. The zero-order valence-electron chi connectivity index (χ0n) is 15.9. The van der Waals surface area contributed by atoms with E-state index in [0.29, 0.717) is 11.8 Å². The number of hydrogen-bond donors (Lipinski definition) is 1. The number of nitrogens with zero attached hydrogens (tertiary/aromatic N) is 2. The minimum Gasteiger partial charge on any atom is -0.382 e. The summed E-state index contributed by atoms with van der Waals surface area (Å²) in [5.41, 5.74) is 1.48. The molecule has 4 nitrogen and oxygen atoms in total. The molecule has 1 N–H and O–H groups in total. The Kier molecular flexibility index (Phi) is 11.1. The van der Waals surface area contributed by atoms with Crippen molar-refractivity contribution < 1.29 is 4.74 Å². The van der Waals surface area contributed by atoms with Crippen LogP contribution in [-0.4, -0.2) is 50.8 Å². The maximum Gasteiger partial charge on any atom is 0.193 e. The molecule has 2 atom stereocenters. The van der Waals surface area contributed by atoms with Crippen LogP contribution in [0.15, 0.2) is 35.3 Å². The summed E-state index contributed by atoms with van der Waals surface area (Å²) in [4.78, 5) is 6.89. The fourth-order valence-corrected chi connectivity index (χ4v) is 3.54. The largest absolute Gasteiger partial charge is 0.382 e. The lowest BCUT2D eigenvalue weighted by Gasteiger charge is -2.39. The molecule has 0 spiro atoms. The molecule has 2 unspecified atom stereocenters. The summed E-state index contributed by atoms with van der Waals surface area (Å²) < 4.78 is 5.38. The fourth-order valence-electron chi connectivity index (χ4n) is 3.54. The van der Waals surface area contributed by atoms with E-state index in [4.69, 9.17) is 4.74 Å². The van der Waals surface area contributed by atoms with Gasteiger partial charge in [0.15, 0.2) is 5.96 Å². The molecule has 0 aliphatic carbocycles. The van der Waals surface area contributed by atoms with Crippen molar-refractivity contribution in [2.45, 2.75) is 39.0 Å². The molecule has 0 bridgehead atoms. The average molecular weight is 459 g/mol. The number of benzene rings is 1. The topological polar surface area (TPSA) is 36.9 Å². The van der Waals surface area contributed by atoms with E-state index in [1.807, 2.05) is 14.0 Å². The highest BCUT2D eigenvalue weighted by Crippen LogP contribution is 2.32. The number of hydrogen-bond acceptors (Lipinski definition) is 2. The number of likely N-dealkylation sites (tertiary alicyclic amines) is 1. The van der Waals surface area contributed by atoms with Crippen LogP contribution >= 0.6 is 24.0 Å². The minimum absolute atomic E-state index is 0. The van der Waals surface area contributed by atoms with Gasteiger partial charge in [0, 0.05) is 39.9 Å². The number of piperidine rings is 1. The lowest BCUT2D eigenvalue weighted by molar-refractivity contribution is 0.143. The first-order chi connectivity index (χ1) is 11.8. The van der Waals surface area contributed by atoms with E-state index in [2.05, 4.69) is 52.5 Å². The molecule has 2 rings (SSSR count). The van der Waals surface area contributed by atoms with Gasteiger partial charge < -0.3 is 15.0 Å². The van der Waals surface area contributed by atoms with Gasteiger partial charge in [-0.3, -0.25) is 4.99 Å². The van der Waals surface area contributed by atoms with E-state index in [-0.39, 0.29) is 24.0 Å². The van der Waals surface area contributed by atoms with Crippen LogP contribution in [0.5, 0.6) is 0 Å². The van der Waals surface area contributed by atoms with Gasteiger partial charge in [0.2, 0.25) is 0 Å². The van der Waals surface area contributed by atoms with Gasteiger partial charge in [0.1, 0.15) is 0 Å². The third-order valence-electron chi connectivity index (χ3n) is 4.85. The van der Waals surface area contributed by atoms with E-state index < -0.39 is 0 Å². The standard InChI is InChI=1S/C20H33N3O.HI/c1-4-24-15-9-8-13-22-20(21-3)23-14-12-19(17(2)16-23)18-10-6-5-7-11-18;/h5-7,10-11,17,19H,4,8-9,12-16H2,1-3H3,(H,21,22);1H. The van der Waals surface area contributed by atoms with Crippen molar-refractivity contribution in [2.24, 2.45) is 10.9 Å². The summed E-state index contributed by atoms with van der Waals surface area (Å²) >= 11 is 0. The summed E-state index contributed by atoms with van der Waals surface area (Å²) in [5.74, 6) is 2.34. The number of unbranched alkanes of at least 4 members (excludes halogenated alkanes) is 1. The Labute approximate surface area is 170 Å². The highest BCUT2D eigenvalue weighted by Gasteiger charge is 2.28. The van der Waals surface area contributed by atoms with Crippen molar-refractivity contribution in [3.05, 3.63) is 35.9 Å². The minimum atomic E-state index is 0. The Morgan fingerprint density at radius 1 is 1.28 bits per heavy atom. The first-order valence-corrected chi connectivity index (χ1v) is 9.34. The Morgan fingerprint density at radius 3 is 2.68 bits per heavy atom. The van der Waals surface area contributed by atoms with Crippen LogP contribution in [0.25, 0.3) is 0 Å². The summed E-state index contributed by atoms with van der Waals surface area (Å²) in [6.45, 7) is 9.17. The van der Waals surface area contributed by atoms with Gasteiger partial charge in [-0.15, -0.1) is 24.0 Å². The first-order valence-electron chi connectivity index (χ1n) is 9.34. The normalized spacial score (nSPS) is 20.9. The highest BCUT2D eigenvalue weighted by atomic mass is 127. The van der Waals surface area contributed by atoms with Crippen molar-refractivity contribution in [1.82, 2.24) is 10.2 Å². The van der Waals surface area contributed by atoms with Crippen LogP contribution in [0.1, 0.15) is 44.6 Å². The molecule has 1 aliphatic rings. The number of rotatable bonds is 7. The second-order valence-corrected chi connectivity index (χ2v) is 6.61. The number of nitrogens with one attached hydrogen (secondary N) is 1. The predicted molar refractivity (Wildman–Crippen MR) is 117 cm³/mol. The first kappa shape index (κ1) is 22.2. The molecule has 5 heteroatoms. The van der Waals surface area contributed by atoms with Crippen LogP contribution in [0.3, 0.4) is 0 Å². The van der Waals surface area contributed by atoms with E-state index in [9.17, 15) is 0 Å². The van der Waals surface area contributed by atoms with Gasteiger partial charge in [-0.2, -0.15) is 0 Å². The van der Waals surface area contributed by atoms with Crippen molar-refractivity contribution >= 4 is 29.9 Å². The zero-order chi connectivity index (χ0) is 17.2. The molecule has 0 radical (unpaired) electrons. The third kappa shape index (κ3) is 7.13. The Hall–Kier alpha value is -0.820. The molecule has 1 heterocycles. The molecule has 0 saturated carbocycles. The van der Waals surface area contributed by atoms with E-state index >= 15 is 0 Å². The van der Waals surface area contributed by atoms with E-state index in [1.54, 1.807) is 0 Å². The van der Waals surface area contributed by atoms with Gasteiger partial charge in [-0.1, -0.05) is 37.3 Å². The Morgan fingerprint density at radius 2 is 2.04 bits per heavy atom. The molecule has 142 valence electrons. The van der Waals surface area contributed by atoms with E-state index in [1.165, 1.54) is 12.0 Å². The molecular formula is C20H34IN3O. The summed E-state index contributed by atoms with van der Waals surface area (Å²) in [7, 11) is 1.89. The van der Waals surface area contributed by atoms with Crippen molar-refractivity contribution in [2.75, 3.05) is 39.9 Å².